The Bertz CT molecular complexity index is 680. The first kappa shape index (κ1) is 14.4. The maximum atomic E-state index is 13.9. The Morgan fingerprint density at radius 3 is 1.90 bits per heavy atom. The minimum atomic E-state index is -6.35. The van der Waals surface area contributed by atoms with Crippen LogP contribution in [0.15, 0.2) is 29.1 Å². The van der Waals surface area contributed by atoms with E-state index in [2.05, 4.69) is 0 Å². The highest BCUT2D eigenvalue weighted by Gasteiger charge is 2.75. The number of benzene rings is 1. The Balaban J connectivity index is 2.91. The van der Waals surface area contributed by atoms with Crippen molar-refractivity contribution >= 4 is 11.0 Å². The Hall–Kier alpha value is -2.00. The summed E-state index contributed by atoms with van der Waals surface area (Å²) >= 11 is 0. The molecule has 20 heavy (non-hydrogen) atoms. The summed E-state index contributed by atoms with van der Waals surface area (Å²) in [6, 6.07) is 4.18. The van der Waals surface area contributed by atoms with Crippen molar-refractivity contribution in [3.8, 4) is 0 Å². The van der Waals surface area contributed by atoms with Crippen LogP contribution in [0.1, 0.15) is 0 Å². The molecular formula is C10H5F7N2O. The first-order valence-electron chi connectivity index (χ1n) is 5.03. The van der Waals surface area contributed by atoms with Crippen LogP contribution in [0.25, 0.3) is 11.0 Å². The molecule has 0 aliphatic heterocycles. The van der Waals surface area contributed by atoms with Gasteiger partial charge >= 0.3 is 23.8 Å². The highest BCUT2D eigenvalue weighted by Crippen LogP contribution is 2.50. The van der Waals surface area contributed by atoms with Crippen molar-refractivity contribution in [3.05, 3.63) is 34.7 Å². The Labute approximate surface area is 105 Å². The minimum absolute atomic E-state index is 0.340. The fourth-order valence-electron chi connectivity index (χ4n) is 1.77. The van der Waals surface area contributed by atoms with Crippen molar-refractivity contribution in [2.24, 2.45) is 0 Å². The Morgan fingerprint density at radius 2 is 1.40 bits per heavy atom. The van der Waals surface area contributed by atoms with Crippen molar-refractivity contribution in [1.82, 2.24) is 9.55 Å². The Morgan fingerprint density at radius 1 is 0.900 bits per heavy atom. The van der Waals surface area contributed by atoms with E-state index >= 15 is 0 Å². The summed E-state index contributed by atoms with van der Waals surface area (Å²) in [4.78, 5) is 13.1. The van der Waals surface area contributed by atoms with Crippen LogP contribution in [0.5, 0.6) is 0 Å². The van der Waals surface area contributed by atoms with Crippen LogP contribution < -0.4 is 5.69 Å². The van der Waals surface area contributed by atoms with Gasteiger partial charge in [-0.3, -0.25) is 0 Å². The van der Waals surface area contributed by atoms with Crippen LogP contribution in [0, 0.1) is 0 Å². The molecule has 1 heterocycles. The van der Waals surface area contributed by atoms with Gasteiger partial charge < -0.3 is 4.98 Å². The number of halogens is 7. The van der Waals surface area contributed by atoms with Gasteiger partial charge in [-0.1, -0.05) is 12.1 Å². The number of alkyl halides is 7. The topological polar surface area (TPSA) is 37.8 Å². The van der Waals surface area contributed by atoms with E-state index in [0.717, 1.165) is 18.2 Å². The molecule has 0 spiro atoms. The first-order valence-corrected chi connectivity index (χ1v) is 5.03. The number of hydrogen-bond donors (Lipinski definition) is 1. The zero-order valence-corrected chi connectivity index (χ0v) is 9.31. The number of hydrogen-bond acceptors (Lipinski definition) is 1. The number of rotatable bonds is 1. The molecule has 0 aliphatic rings. The van der Waals surface area contributed by atoms with Crippen molar-refractivity contribution in [1.29, 1.82) is 0 Å². The van der Waals surface area contributed by atoms with Gasteiger partial charge in [0, 0.05) is 0 Å². The smallest absolute Gasteiger partial charge is 0.305 e. The number of para-hydroxylation sites is 2. The van der Waals surface area contributed by atoms with Crippen molar-refractivity contribution < 1.29 is 30.7 Å². The summed E-state index contributed by atoms with van der Waals surface area (Å²) in [6.07, 6.45) is -12.7. The number of H-pyrrole nitrogens is 1. The summed E-state index contributed by atoms with van der Waals surface area (Å²) in [5.74, 6) is -5.81. The van der Waals surface area contributed by atoms with Gasteiger partial charge in [-0.05, 0) is 12.1 Å². The van der Waals surface area contributed by atoms with Crippen LogP contribution in [0.4, 0.5) is 30.7 Å². The molecule has 0 fully saturated rings. The fourth-order valence-corrected chi connectivity index (χ4v) is 1.77. The quantitative estimate of drug-likeness (QED) is 0.808. The van der Waals surface area contributed by atoms with Gasteiger partial charge in [-0.15, -0.1) is 0 Å². The maximum absolute atomic E-state index is 13.9. The molecule has 1 aromatic heterocycles. The average molecular weight is 302 g/mol. The van der Waals surface area contributed by atoms with E-state index < -0.39 is 33.9 Å². The lowest BCUT2D eigenvalue weighted by Crippen LogP contribution is -2.57. The SMILES string of the molecule is O=c1[nH]c2ccccc2n1C(F)(C(F)(F)F)C(F)(F)F. The number of fused-ring (bicyclic) bond motifs is 1. The predicted molar refractivity (Wildman–Crippen MR) is 53.8 cm³/mol. The number of nitrogens with one attached hydrogen (secondary N) is 1. The lowest BCUT2D eigenvalue weighted by atomic mass is 10.2. The van der Waals surface area contributed by atoms with Crippen LogP contribution in [0.3, 0.4) is 0 Å². The molecule has 0 saturated heterocycles. The summed E-state index contributed by atoms with van der Waals surface area (Å²) in [7, 11) is 0. The highest BCUT2D eigenvalue weighted by molar-refractivity contribution is 5.75. The number of aromatic nitrogens is 2. The molecule has 0 radical (unpaired) electrons. The highest BCUT2D eigenvalue weighted by atomic mass is 19.4. The maximum Gasteiger partial charge on any atom is 0.452 e. The van der Waals surface area contributed by atoms with Gasteiger partial charge in [0.15, 0.2) is 0 Å². The molecule has 0 saturated carbocycles. The second kappa shape index (κ2) is 4.00. The molecule has 10 heteroatoms. The minimum Gasteiger partial charge on any atom is -0.305 e. The monoisotopic (exact) mass is 302 g/mol. The third-order valence-corrected chi connectivity index (χ3v) is 2.65. The van der Waals surface area contributed by atoms with E-state index in [1.165, 1.54) is 6.07 Å². The summed E-state index contributed by atoms with van der Waals surface area (Å²) in [5, 5.41) is 0. The van der Waals surface area contributed by atoms with E-state index in [-0.39, 0.29) is 5.52 Å². The molecule has 0 unspecified atom stereocenters. The van der Waals surface area contributed by atoms with Gasteiger partial charge in [0.05, 0.1) is 11.0 Å². The summed E-state index contributed by atoms with van der Waals surface area (Å²) in [5.41, 5.74) is -3.02. The zero-order chi connectivity index (χ0) is 15.3. The molecule has 0 atom stereocenters. The molecule has 3 nitrogen and oxygen atoms in total. The molecule has 0 bridgehead atoms. The third kappa shape index (κ3) is 1.78. The summed E-state index contributed by atoms with van der Waals surface area (Å²) in [6.45, 7) is 0. The van der Waals surface area contributed by atoms with Crippen molar-refractivity contribution in [2.75, 3.05) is 0 Å². The predicted octanol–water partition coefficient (Wildman–Crippen LogP) is 3.08. The average Bonchev–Trinajstić information content (AvgIpc) is 2.61. The molecule has 2 rings (SSSR count). The largest absolute Gasteiger partial charge is 0.452 e. The third-order valence-electron chi connectivity index (χ3n) is 2.65. The lowest BCUT2D eigenvalue weighted by molar-refractivity contribution is -0.377. The normalized spacial score (nSPS) is 13.9. The first-order chi connectivity index (χ1) is 9.00. The molecule has 0 aliphatic carbocycles. The van der Waals surface area contributed by atoms with E-state index in [1.807, 2.05) is 0 Å². The van der Waals surface area contributed by atoms with Crippen LogP contribution >= 0.6 is 0 Å². The van der Waals surface area contributed by atoms with Crippen molar-refractivity contribution in [2.45, 2.75) is 18.1 Å². The van der Waals surface area contributed by atoms with Crippen LogP contribution in [0.2, 0.25) is 0 Å². The van der Waals surface area contributed by atoms with E-state index in [0.29, 0.717) is 0 Å². The van der Waals surface area contributed by atoms with Crippen LogP contribution in [-0.4, -0.2) is 21.9 Å². The second-order valence-electron chi connectivity index (χ2n) is 3.90. The van der Waals surface area contributed by atoms with E-state index in [1.54, 1.807) is 4.98 Å². The molecule has 1 N–H and O–H groups in total. The van der Waals surface area contributed by atoms with Gasteiger partial charge in [0.2, 0.25) is 0 Å². The van der Waals surface area contributed by atoms with Gasteiger partial charge in [0.25, 0.3) is 0 Å². The molecule has 110 valence electrons. The molecule has 0 amide bonds. The second-order valence-corrected chi connectivity index (χ2v) is 3.90. The van der Waals surface area contributed by atoms with Crippen molar-refractivity contribution in [3.63, 3.8) is 0 Å². The Kier molecular flexibility index (Phi) is 2.88. The zero-order valence-electron chi connectivity index (χ0n) is 9.31. The van der Waals surface area contributed by atoms with Gasteiger partial charge in [-0.2, -0.15) is 30.7 Å². The molecule has 1 aromatic carbocycles. The number of nitrogens with zero attached hydrogens (tertiary/aromatic N) is 1. The van der Waals surface area contributed by atoms with Crippen LogP contribution in [-0.2, 0) is 5.79 Å². The number of aromatic amines is 1. The molecule has 2 aromatic rings. The van der Waals surface area contributed by atoms with Gasteiger partial charge in [0.1, 0.15) is 0 Å². The number of imidazole rings is 1. The molecular weight excluding hydrogens is 297 g/mol. The van der Waals surface area contributed by atoms with Gasteiger partial charge in [-0.25, -0.2) is 9.36 Å². The van der Waals surface area contributed by atoms with E-state index in [4.69, 9.17) is 0 Å². The fraction of sp³-hybridized carbons (Fsp3) is 0.300. The lowest BCUT2D eigenvalue weighted by Gasteiger charge is -2.30. The van der Waals surface area contributed by atoms with E-state index in [9.17, 15) is 35.5 Å². The standard InChI is InChI=1S/C10H5F7N2O/c11-8(9(12,13)14,10(15,16)17)19-6-4-2-1-3-5(6)18-7(19)20/h1-4H,(H,18,20). The summed E-state index contributed by atoms with van der Waals surface area (Å²) < 4.78 is 88.5.